The van der Waals surface area contributed by atoms with Crippen molar-refractivity contribution in [3.05, 3.63) is 16.1 Å². The Morgan fingerprint density at radius 3 is 2.90 bits per heavy atom. The fourth-order valence-corrected chi connectivity index (χ4v) is 3.41. The molecule has 1 N–H and O–H groups in total. The Hall–Kier alpha value is -0.690. The predicted molar refractivity (Wildman–Crippen MR) is 80.8 cm³/mol. The molecule has 2 aliphatic heterocycles. The number of thiazole rings is 1. The highest BCUT2D eigenvalue weighted by Crippen LogP contribution is 2.28. The number of hydrogen-bond donors (Lipinski definition) is 1. The Balaban J connectivity index is 0.00000147. The van der Waals surface area contributed by atoms with Crippen molar-refractivity contribution in [3.63, 3.8) is 0 Å². The first kappa shape index (κ1) is 15.7. The molecule has 2 fully saturated rings. The first-order chi connectivity index (χ1) is 9.19. The molecule has 0 unspecified atom stereocenters. The van der Waals surface area contributed by atoms with Gasteiger partial charge >= 0.3 is 0 Å². The van der Waals surface area contributed by atoms with Crippen LogP contribution in [0, 0.1) is 6.92 Å². The molecule has 1 aromatic rings. The number of aryl methyl sites for hydroxylation is 1. The van der Waals surface area contributed by atoms with Gasteiger partial charge in [-0.3, -0.25) is 4.79 Å². The van der Waals surface area contributed by atoms with Crippen LogP contribution in [0.2, 0.25) is 0 Å². The minimum Gasteiger partial charge on any atom is -0.371 e. The maximum Gasteiger partial charge on any atom is 0.273 e. The molecule has 20 heavy (non-hydrogen) atoms. The summed E-state index contributed by atoms with van der Waals surface area (Å²) in [6.07, 6.45) is 1.96. The number of morpholine rings is 1. The first-order valence-corrected chi connectivity index (χ1v) is 7.63. The number of aromatic nitrogens is 1. The van der Waals surface area contributed by atoms with Crippen molar-refractivity contribution in [1.82, 2.24) is 15.2 Å². The van der Waals surface area contributed by atoms with Gasteiger partial charge in [0.15, 0.2) is 0 Å². The molecule has 0 atom stereocenters. The van der Waals surface area contributed by atoms with E-state index in [1.54, 1.807) is 0 Å². The van der Waals surface area contributed by atoms with E-state index in [-0.39, 0.29) is 23.9 Å². The predicted octanol–water partition coefficient (Wildman–Crippen LogP) is 1.47. The van der Waals surface area contributed by atoms with Crippen LogP contribution < -0.4 is 5.32 Å². The molecular formula is C13H20ClN3O2S. The van der Waals surface area contributed by atoms with Crippen LogP contribution in [0.5, 0.6) is 0 Å². The second-order valence-electron chi connectivity index (χ2n) is 5.26. The van der Waals surface area contributed by atoms with E-state index in [0.717, 1.165) is 30.9 Å². The third-order valence-corrected chi connectivity index (χ3v) is 4.66. The molecule has 2 saturated heterocycles. The fourth-order valence-electron chi connectivity index (χ4n) is 2.83. The minimum atomic E-state index is -0.135. The highest BCUT2D eigenvalue weighted by atomic mass is 35.5. The van der Waals surface area contributed by atoms with Crippen molar-refractivity contribution in [2.75, 3.05) is 32.8 Å². The Morgan fingerprint density at radius 1 is 1.50 bits per heavy atom. The number of nitrogens with one attached hydrogen (secondary N) is 1. The van der Waals surface area contributed by atoms with Gasteiger partial charge in [-0.1, -0.05) is 0 Å². The average Bonchev–Trinajstić information content (AvgIpc) is 2.85. The van der Waals surface area contributed by atoms with Crippen LogP contribution in [0.3, 0.4) is 0 Å². The number of carbonyl (C=O) groups excluding carboxylic acids is 1. The Morgan fingerprint density at radius 2 is 2.25 bits per heavy atom. The smallest absolute Gasteiger partial charge is 0.273 e. The zero-order valence-electron chi connectivity index (χ0n) is 11.6. The standard InChI is InChI=1S/C13H19N3O2S.ClH/c1-10-15-11(8-19-10)12(17)16-6-7-18-13(9-16)2-4-14-5-3-13;/h8,14H,2-7,9H2,1H3;1H. The summed E-state index contributed by atoms with van der Waals surface area (Å²) in [7, 11) is 0. The zero-order chi connectivity index (χ0) is 13.3. The highest BCUT2D eigenvalue weighted by Gasteiger charge is 2.39. The topological polar surface area (TPSA) is 54.5 Å². The molecule has 1 aromatic heterocycles. The molecule has 0 radical (unpaired) electrons. The maximum atomic E-state index is 12.4. The van der Waals surface area contributed by atoms with Gasteiger partial charge in [-0.2, -0.15) is 0 Å². The molecule has 0 saturated carbocycles. The maximum absolute atomic E-state index is 12.4. The number of amides is 1. The molecule has 112 valence electrons. The van der Waals surface area contributed by atoms with Crippen molar-refractivity contribution in [2.24, 2.45) is 0 Å². The molecule has 0 bridgehead atoms. The molecule has 0 aliphatic carbocycles. The minimum absolute atomic E-state index is 0. The van der Waals surface area contributed by atoms with Crippen molar-refractivity contribution >= 4 is 29.7 Å². The number of halogens is 1. The first-order valence-electron chi connectivity index (χ1n) is 6.75. The lowest BCUT2D eigenvalue weighted by molar-refractivity contribution is -0.114. The molecule has 7 heteroatoms. The molecule has 1 amide bonds. The van der Waals surface area contributed by atoms with Crippen molar-refractivity contribution in [2.45, 2.75) is 25.4 Å². The van der Waals surface area contributed by atoms with Gasteiger partial charge < -0.3 is 15.0 Å². The normalized spacial score (nSPS) is 21.6. The lowest BCUT2D eigenvalue weighted by Crippen LogP contribution is -2.57. The van der Waals surface area contributed by atoms with Crippen LogP contribution in [0.1, 0.15) is 28.3 Å². The molecule has 3 heterocycles. The largest absolute Gasteiger partial charge is 0.371 e. The Bertz CT molecular complexity index is 468. The van der Waals surface area contributed by atoms with Crippen molar-refractivity contribution < 1.29 is 9.53 Å². The number of nitrogens with zero attached hydrogens (tertiary/aromatic N) is 2. The van der Waals surface area contributed by atoms with E-state index in [2.05, 4.69) is 10.3 Å². The van der Waals surface area contributed by atoms with Crippen LogP contribution in [0.25, 0.3) is 0 Å². The van der Waals surface area contributed by atoms with E-state index in [1.807, 2.05) is 17.2 Å². The van der Waals surface area contributed by atoms with Crippen LogP contribution in [0.4, 0.5) is 0 Å². The van der Waals surface area contributed by atoms with Crippen LogP contribution in [-0.2, 0) is 4.74 Å². The summed E-state index contributed by atoms with van der Waals surface area (Å²) in [5.41, 5.74) is 0.443. The van der Waals surface area contributed by atoms with Gasteiger partial charge in [0, 0.05) is 11.9 Å². The lowest BCUT2D eigenvalue weighted by atomic mass is 9.90. The fraction of sp³-hybridized carbons (Fsp3) is 0.692. The monoisotopic (exact) mass is 317 g/mol. The summed E-state index contributed by atoms with van der Waals surface area (Å²) in [6, 6.07) is 0. The number of ether oxygens (including phenoxy) is 1. The SMILES string of the molecule is Cc1nc(C(=O)N2CCOC3(CCNCC3)C2)cs1.Cl. The van der Waals surface area contributed by atoms with Crippen LogP contribution in [-0.4, -0.2) is 54.2 Å². The number of hydrogen-bond acceptors (Lipinski definition) is 5. The number of rotatable bonds is 1. The van der Waals surface area contributed by atoms with E-state index >= 15 is 0 Å². The summed E-state index contributed by atoms with van der Waals surface area (Å²) in [4.78, 5) is 18.6. The van der Waals surface area contributed by atoms with Gasteiger partial charge in [-0.15, -0.1) is 23.7 Å². The second-order valence-corrected chi connectivity index (χ2v) is 6.32. The summed E-state index contributed by atoms with van der Waals surface area (Å²) in [5.74, 6) is 0.0468. The van der Waals surface area contributed by atoms with Crippen LogP contribution >= 0.6 is 23.7 Å². The summed E-state index contributed by atoms with van der Waals surface area (Å²) in [5, 5.41) is 6.13. The number of carbonyl (C=O) groups is 1. The zero-order valence-corrected chi connectivity index (χ0v) is 13.2. The van der Waals surface area contributed by atoms with Gasteiger partial charge in [0.05, 0.1) is 23.8 Å². The van der Waals surface area contributed by atoms with Crippen LogP contribution in [0.15, 0.2) is 5.38 Å². The molecule has 2 aliphatic rings. The molecular weight excluding hydrogens is 298 g/mol. The molecule has 0 aromatic carbocycles. The van der Waals surface area contributed by atoms with Gasteiger partial charge in [0.25, 0.3) is 5.91 Å². The molecule has 1 spiro atoms. The summed E-state index contributed by atoms with van der Waals surface area (Å²) >= 11 is 1.52. The van der Waals surface area contributed by atoms with Crippen molar-refractivity contribution in [1.29, 1.82) is 0 Å². The van der Waals surface area contributed by atoms with E-state index in [4.69, 9.17) is 4.74 Å². The van der Waals surface area contributed by atoms with Gasteiger partial charge in [0.2, 0.25) is 0 Å². The second kappa shape index (κ2) is 6.39. The van der Waals surface area contributed by atoms with Gasteiger partial charge in [-0.25, -0.2) is 4.98 Å². The van der Waals surface area contributed by atoms with Crippen molar-refractivity contribution in [3.8, 4) is 0 Å². The lowest BCUT2D eigenvalue weighted by Gasteiger charge is -2.44. The third kappa shape index (κ3) is 3.14. The van der Waals surface area contributed by atoms with Gasteiger partial charge in [-0.05, 0) is 32.9 Å². The van der Waals surface area contributed by atoms with E-state index in [0.29, 0.717) is 25.4 Å². The Kier molecular flexibility index (Phi) is 5.01. The number of piperidine rings is 1. The van der Waals surface area contributed by atoms with Gasteiger partial charge in [0.1, 0.15) is 5.69 Å². The van der Waals surface area contributed by atoms with E-state index in [9.17, 15) is 4.79 Å². The average molecular weight is 318 g/mol. The molecule has 3 rings (SSSR count). The summed E-state index contributed by atoms with van der Waals surface area (Å²) in [6.45, 7) is 5.87. The molecule has 5 nitrogen and oxygen atoms in total. The van der Waals surface area contributed by atoms with E-state index in [1.165, 1.54) is 11.3 Å². The quantitative estimate of drug-likeness (QED) is 0.852. The Labute approximate surface area is 129 Å². The highest BCUT2D eigenvalue weighted by molar-refractivity contribution is 7.09. The third-order valence-electron chi connectivity index (χ3n) is 3.89. The van der Waals surface area contributed by atoms with E-state index < -0.39 is 0 Å². The summed E-state index contributed by atoms with van der Waals surface area (Å²) < 4.78 is 5.98.